The number of aromatic hydroxyl groups is 1. The minimum Gasteiger partial charge on any atom is -0.508 e. The first kappa shape index (κ1) is 9.55. The second-order valence-electron chi connectivity index (χ2n) is 3.38. The van der Waals surface area contributed by atoms with Gasteiger partial charge in [0.15, 0.2) is 0 Å². The maximum absolute atomic E-state index is 9.47. The summed E-state index contributed by atoms with van der Waals surface area (Å²) in [5.74, 6) is 0.241. The summed E-state index contributed by atoms with van der Waals surface area (Å²) in [7, 11) is 0. The Bertz CT molecular complexity index is 291. The summed E-state index contributed by atoms with van der Waals surface area (Å²) in [5, 5.41) is 9.47. The average Bonchev–Trinajstić information content (AvgIpc) is 1.92. The Kier molecular flexibility index (Phi) is 2.44. The SMILES string of the molecule is CC(C)(N)c1cc(Br)ccc1O. The molecular formula is C9H12BrNO. The highest BCUT2D eigenvalue weighted by Crippen LogP contribution is 2.29. The van der Waals surface area contributed by atoms with Gasteiger partial charge in [-0.25, -0.2) is 0 Å². The molecule has 3 heteroatoms. The average molecular weight is 230 g/mol. The van der Waals surface area contributed by atoms with Gasteiger partial charge in [-0.2, -0.15) is 0 Å². The Morgan fingerprint density at radius 3 is 2.42 bits per heavy atom. The zero-order chi connectivity index (χ0) is 9.35. The zero-order valence-electron chi connectivity index (χ0n) is 7.13. The Morgan fingerprint density at radius 2 is 2.00 bits per heavy atom. The van der Waals surface area contributed by atoms with Gasteiger partial charge < -0.3 is 10.8 Å². The van der Waals surface area contributed by atoms with E-state index >= 15 is 0 Å². The summed E-state index contributed by atoms with van der Waals surface area (Å²) in [6.07, 6.45) is 0. The Morgan fingerprint density at radius 1 is 1.42 bits per heavy atom. The molecule has 0 aromatic heterocycles. The number of halogens is 1. The Hall–Kier alpha value is -0.540. The monoisotopic (exact) mass is 229 g/mol. The van der Waals surface area contributed by atoms with E-state index < -0.39 is 5.54 Å². The van der Waals surface area contributed by atoms with Crippen LogP contribution in [0.5, 0.6) is 5.75 Å². The smallest absolute Gasteiger partial charge is 0.120 e. The molecule has 0 fully saturated rings. The van der Waals surface area contributed by atoms with Crippen LogP contribution in [-0.4, -0.2) is 5.11 Å². The fraction of sp³-hybridized carbons (Fsp3) is 0.333. The molecule has 1 aromatic rings. The highest BCUT2D eigenvalue weighted by molar-refractivity contribution is 9.10. The quantitative estimate of drug-likeness (QED) is 0.777. The largest absolute Gasteiger partial charge is 0.508 e. The summed E-state index contributed by atoms with van der Waals surface area (Å²) in [6, 6.07) is 5.24. The number of phenols is 1. The van der Waals surface area contributed by atoms with E-state index in [4.69, 9.17) is 5.73 Å². The molecule has 0 unspecified atom stereocenters. The fourth-order valence-electron chi connectivity index (χ4n) is 1.02. The van der Waals surface area contributed by atoms with Crippen molar-refractivity contribution in [1.29, 1.82) is 0 Å². The molecule has 0 radical (unpaired) electrons. The van der Waals surface area contributed by atoms with Crippen LogP contribution in [0.4, 0.5) is 0 Å². The molecule has 0 heterocycles. The molecule has 0 saturated heterocycles. The van der Waals surface area contributed by atoms with Gasteiger partial charge >= 0.3 is 0 Å². The third kappa shape index (κ3) is 1.99. The number of hydrogen-bond donors (Lipinski definition) is 2. The summed E-state index contributed by atoms with van der Waals surface area (Å²) in [6.45, 7) is 3.71. The number of benzene rings is 1. The summed E-state index contributed by atoms with van der Waals surface area (Å²) < 4.78 is 0.925. The third-order valence-corrected chi connectivity index (χ3v) is 2.15. The first-order valence-electron chi connectivity index (χ1n) is 3.69. The molecule has 1 aromatic carbocycles. The van der Waals surface area contributed by atoms with Crippen molar-refractivity contribution in [3.8, 4) is 5.75 Å². The summed E-state index contributed by atoms with van der Waals surface area (Å²) >= 11 is 3.32. The van der Waals surface area contributed by atoms with Crippen molar-refractivity contribution in [2.75, 3.05) is 0 Å². The van der Waals surface area contributed by atoms with E-state index in [0.717, 1.165) is 10.0 Å². The third-order valence-electron chi connectivity index (χ3n) is 1.65. The first-order chi connectivity index (χ1) is 5.41. The standard InChI is InChI=1S/C9H12BrNO/c1-9(2,11)7-5-6(10)3-4-8(7)12/h3-5,12H,11H2,1-2H3. The molecule has 0 aliphatic carbocycles. The lowest BCUT2D eigenvalue weighted by molar-refractivity contribution is 0.440. The Labute approximate surface area is 80.5 Å². The Balaban J connectivity index is 3.23. The van der Waals surface area contributed by atoms with E-state index in [9.17, 15) is 5.11 Å². The van der Waals surface area contributed by atoms with Gasteiger partial charge in [-0.3, -0.25) is 0 Å². The van der Waals surface area contributed by atoms with Gasteiger partial charge in [-0.05, 0) is 32.0 Å². The second kappa shape index (κ2) is 3.07. The predicted molar refractivity (Wildman–Crippen MR) is 53.0 cm³/mol. The topological polar surface area (TPSA) is 46.2 Å². The van der Waals surface area contributed by atoms with E-state index in [1.54, 1.807) is 12.1 Å². The van der Waals surface area contributed by atoms with Crippen molar-refractivity contribution in [1.82, 2.24) is 0 Å². The molecule has 12 heavy (non-hydrogen) atoms. The number of nitrogens with two attached hydrogens (primary N) is 1. The lowest BCUT2D eigenvalue weighted by Crippen LogP contribution is -2.28. The molecule has 0 saturated carbocycles. The van der Waals surface area contributed by atoms with Crippen LogP contribution in [0.25, 0.3) is 0 Å². The molecule has 66 valence electrons. The van der Waals surface area contributed by atoms with Crippen molar-refractivity contribution in [3.05, 3.63) is 28.2 Å². The zero-order valence-corrected chi connectivity index (χ0v) is 8.72. The molecule has 3 N–H and O–H groups in total. The van der Waals surface area contributed by atoms with Gasteiger partial charge in [0.25, 0.3) is 0 Å². The predicted octanol–water partition coefficient (Wildman–Crippen LogP) is 2.35. The van der Waals surface area contributed by atoms with Crippen LogP contribution < -0.4 is 5.73 Å². The highest BCUT2D eigenvalue weighted by Gasteiger charge is 2.18. The molecule has 0 aliphatic rings. The molecule has 0 spiro atoms. The van der Waals surface area contributed by atoms with Crippen LogP contribution in [0.2, 0.25) is 0 Å². The lowest BCUT2D eigenvalue weighted by Gasteiger charge is -2.20. The normalized spacial score (nSPS) is 11.7. The van der Waals surface area contributed by atoms with Gasteiger partial charge in [0, 0.05) is 15.6 Å². The first-order valence-corrected chi connectivity index (χ1v) is 4.48. The van der Waals surface area contributed by atoms with Gasteiger partial charge in [0.05, 0.1) is 0 Å². The lowest BCUT2D eigenvalue weighted by atomic mass is 9.95. The minimum absolute atomic E-state index is 0.241. The van der Waals surface area contributed by atoms with E-state index in [0.29, 0.717) is 0 Å². The minimum atomic E-state index is -0.506. The van der Waals surface area contributed by atoms with Gasteiger partial charge in [0.2, 0.25) is 0 Å². The molecule has 0 atom stereocenters. The van der Waals surface area contributed by atoms with Crippen molar-refractivity contribution in [2.45, 2.75) is 19.4 Å². The van der Waals surface area contributed by atoms with E-state index in [1.165, 1.54) is 0 Å². The molecule has 1 rings (SSSR count). The number of phenolic OH excluding ortho intramolecular Hbond substituents is 1. The van der Waals surface area contributed by atoms with Crippen LogP contribution in [0.15, 0.2) is 22.7 Å². The highest BCUT2D eigenvalue weighted by atomic mass is 79.9. The molecule has 0 amide bonds. The van der Waals surface area contributed by atoms with Crippen molar-refractivity contribution < 1.29 is 5.11 Å². The van der Waals surface area contributed by atoms with Crippen molar-refractivity contribution in [3.63, 3.8) is 0 Å². The molecular weight excluding hydrogens is 218 g/mol. The second-order valence-corrected chi connectivity index (χ2v) is 4.30. The van der Waals surface area contributed by atoms with Crippen LogP contribution in [0.1, 0.15) is 19.4 Å². The number of hydrogen-bond acceptors (Lipinski definition) is 2. The van der Waals surface area contributed by atoms with Crippen LogP contribution in [0, 0.1) is 0 Å². The van der Waals surface area contributed by atoms with E-state index in [2.05, 4.69) is 15.9 Å². The van der Waals surface area contributed by atoms with Crippen molar-refractivity contribution in [2.24, 2.45) is 5.73 Å². The van der Waals surface area contributed by atoms with Crippen LogP contribution >= 0.6 is 15.9 Å². The molecule has 0 aliphatic heterocycles. The summed E-state index contributed by atoms with van der Waals surface area (Å²) in [5.41, 5.74) is 6.09. The molecule has 2 nitrogen and oxygen atoms in total. The fourth-order valence-corrected chi connectivity index (χ4v) is 1.39. The molecule has 0 bridgehead atoms. The summed E-state index contributed by atoms with van der Waals surface area (Å²) in [4.78, 5) is 0. The number of rotatable bonds is 1. The van der Waals surface area contributed by atoms with Crippen LogP contribution in [0.3, 0.4) is 0 Å². The van der Waals surface area contributed by atoms with Crippen LogP contribution in [-0.2, 0) is 5.54 Å². The maximum Gasteiger partial charge on any atom is 0.120 e. The van der Waals surface area contributed by atoms with Crippen molar-refractivity contribution >= 4 is 15.9 Å². The van der Waals surface area contributed by atoms with Gasteiger partial charge in [-0.1, -0.05) is 15.9 Å². The van der Waals surface area contributed by atoms with E-state index in [1.807, 2.05) is 19.9 Å². The van der Waals surface area contributed by atoms with E-state index in [-0.39, 0.29) is 5.75 Å². The van der Waals surface area contributed by atoms with Gasteiger partial charge in [0.1, 0.15) is 5.75 Å². The maximum atomic E-state index is 9.47. The van der Waals surface area contributed by atoms with Gasteiger partial charge in [-0.15, -0.1) is 0 Å².